The SMILES string of the molecule is CO[C@@H]1CCC[C@]12CCCN(Cc1ccc(C)c(C)c1)C2. The summed E-state index contributed by atoms with van der Waals surface area (Å²) in [6.45, 7) is 7.97. The number of piperidine rings is 1. The number of likely N-dealkylation sites (tertiary alicyclic amines) is 1. The number of nitrogens with zero attached hydrogens (tertiary/aromatic N) is 1. The highest BCUT2D eigenvalue weighted by molar-refractivity contribution is 5.29. The smallest absolute Gasteiger partial charge is 0.0639 e. The number of aryl methyl sites for hydroxylation is 2. The van der Waals surface area contributed by atoms with E-state index in [0.29, 0.717) is 11.5 Å². The van der Waals surface area contributed by atoms with Crippen molar-refractivity contribution in [1.82, 2.24) is 4.90 Å². The Morgan fingerprint density at radius 2 is 2.00 bits per heavy atom. The lowest BCUT2D eigenvalue weighted by molar-refractivity contribution is -0.0366. The van der Waals surface area contributed by atoms with Crippen LogP contribution < -0.4 is 0 Å². The van der Waals surface area contributed by atoms with Crippen LogP contribution in [0.5, 0.6) is 0 Å². The van der Waals surface area contributed by atoms with E-state index < -0.39 is 0 Å². The number of hydrogen-bond donors (Lipinski definition) is 0. The van der Waals surface area contributed by atoms with Crippen molar-refractivity contribution >= 4 is 0 Å². The summed E-state index contributed by atoms with van der Waals surface area (Å²) in [4.78, 5) is 2.66. The van der Waals surface area contributed by atoms with E-state index in [-0.39, 0.29) is 0 Å². The normalized spacial score (nSPS) is 30.1. The van der Waals surface area contributed by atoms with Gasteiger partial charge in [-0.2, -0.15) is 0 Å². The van der Waals surface area contributed by atoms with Gasteiger partial charge in [0.15, 0.2) is 0 Å². The summed E-state index contributed by atoms with van der Waals surface area (Å²) in [7, 11) is 1.90. The second kappa shape index (κ2) is 6.10. The van der Waals surface area contributed by atoms with Crippen LogP contribution in [-0.4, -0.2) is 31.2 Å². The lowest BCUT2D eigenvalue weighted by atomic mass is 9.76. The van der Waals surface area contributed by atoms with Gasteiger partial charge in [0.2, 0.25) is 0 Å². The van der Waals surface area contributed by atoms with Crippen molar-refractivity contribution in [3.8, 4) is 0 Å². The van der Waals surface area contributed by atoms with Gasteiger partial charge in [-0.1, -0.05) is 24.6 Å². The fraction of sp³-hybridized carbons (Fsp3) is 0.684. The molecule has 0 N–H and O–H groups in total. The first-order chi connectivity index (χ1) is 10.1. The minimum atomic E-state index is 0.437. The number of ether oxygens (including phenoxy) is 1. The Balaban J connectivity index is 1.70. The first-order valence-corrected chi connectivity index (χ1v) is 8.44. The average molecular weight is 287 g/mol. The highest BCUT2D eigenvalue weighted by Crippen LogP contribution is 2.46. The molecule has 0 amide bonds. The Labute approximate surface area is 129 Å². The van der Waals surface area contributed by atoms with Crippen molar-refractivity contribution in [2.45, 2.75) is 58.6 Å². The van der Waals surface area contributed by atoms with E-state index in [2.05, 4.69) is 36.9 Å². The van der Waals surface area contributed by atoms with Gasteiger partial charge >= 0.3 is 0 Å². The van der Waals surface area contributed by atoms with E-state index in [1.807, 2.05) is 7.11 Å². The number of hydrogen-bond acceptors (Lipinski definition) is 2. The molecule has 2 nitrogen and oxygen atoms in total. The van der Waals surface area contributed by atoms with Crippen LogP contribution in [0, 0.1) is 19.3 Å². The molecule has 1 aliphatic carbocycles. The van der Waals surface area contributed by atoms with Gasteiger partial charge < -0.3 is 4.74 Å². The molecular weight excluding hydrogens is 258 g/mol. The zero-order valence-corrected chi connectivity index (χ0v) is 13.8. The molecule has 0 aromatic heterocycles. The van der Waals surface area contributed by atoms with E-state index in [1.54, 1.807) is 0 Å². The fourth-order valence-electron chi connectivity index (χ4n) is 4.49. The summed E-state index contributed by atoms with van der Waals surface area (Å²) in [5.74, 6) is 0. The molecule has 1 heterocycles. The van der Waals surface area contributed by atoms with Gasteiger partial charge in [0.05, 0.1) is 6.10 Å². The van der Waals surface area contributed by atoms with Gasteiger partial charge in [0.25, 0.3) is 0 Å². The maximum Gasteiger partial charge on any atom is 0.0639 e. The Morgan fingerprint density at radius 3 is 2.76 bits per heavy atom. The molecule has 2 aliphatic rings. The summed E-state index contributed by atoms with van der Waals surface area (Å²) in [5, 5.41) is 0. The quantitative estimate of drug-likeness (QED) is 0.830. The number of methoxy groups -OCH3 is 1. The van der Waals surface area contributed by atoms with Crippen molar-refractivity contribution in [2.75, 3.05) is 20.2 Å². The van der Waals surface area contributed by atoms with Crippen molar-refractivity contribution in [1.29, 1.82) is 0 Å². The van der Waals surface area contributed by atoms with Crippen molar-refractivity contribution in [3.63, 3.8) is 0 Å². The first kappa shape index (κ1) is 15.1. The maximum atomic E-state index is 5.81. The predicted octanol–water partition coefficient (Wildman–Crippen LogP) is 4.08. The highest BCUT2D eigenvalue weighted by atomic mass is 16.5. The van der Waals surface area contributed by atoms with Gasteiger partial charge in [0, 0.05) is 25.6 Å². The zero-order valence-electron chi connectivity index (χ0n) is 13.8. The van der Waals surface area contributed by atoms with Gasteiger partial charge in [-0.15, -0.1) is 0 Å². The number of benzene rings is 1. The Hall–Kier alpha value is -0.860. The third-order valence-electron chi connectivity index (χ3n) is 5.77. The monoisotopic (exact) mass is 287 g/mol. The molecule has 21 heavy (non-hydrogen) atoms. The van der Waals surface area contributed by atoms with Crippen LogP contribution in [0.2, 0.25) is 0 Å². The van der Waals surface area contributed by atoms with Gasteiger partial charge in [-0.25, -0.2) is 0 Å². The first-order valence-electron chi connectivity index (χ1n) is 8.44. The van der Waals surface area contributed by atoms with Gasteiger partial charge in [-0.3, -0.25) is 4.90 Å². The van der Waals surface area contributed by atoms with Gasteiger partial charge in [-0.05, 0) is 62.8 Å². The Morgan fingerprint density at radius 1 is 1.19 bits per heavy atom. The molecule has 3 rings (SSSR count). The Kier molecular flexibility index (Phi) is 4.37. The summed E-state index contributed by atoms with van der Waals surface area (Å²) >= 11 is 0. The van der Waals surface area contributed by atoms with E-state index in [0.717, 1.165) is 6.54 Å². The second-order valence-electron chi connectivity index (χ2n) is 7.21. The van der Waals surface area contributed by atoms with Crippen molar-refractivity contribution in [3.05, 3.63) is 34.9 Å². The largest absolute Gasteiger partial charge is 0.381 e. The molecule has 1 aliphatic heterocycles. The standard InChI is InChI=1S/C19H29NO/c1-15-7-8-17(12-16(15)2)13-20-11-5-10-19(14-20)9-4-6-18(19)21-3/h7-8,12,18H,4-6,9-11,13-14H2,1-3H3/t18-,19-/m1/s1. The molecule has 116 valence electrons. The van der Waals surface area contributed by atoms with E-state index in [4.69, 9.17) is 4.74 Å². The topological polar surface area (TPSA) is 12.5 Å². The van der Waals surface area contributed by atoms with Gasteiger partial charge in [0.1, 0.15) is 0 Å². The average Bonchev–Trinajstić information content (AvgIpc) is 2.85. The van der Waals surface area contributed by atoms with Crippen LogP contribution >= 0.6 is 0 Å². The molecule has 1 saturated heterocycles. The van der Waals surface area contributed by atoms with Crippen molar-refractivity contribution in [2.24, 2.45) is 5.41 Å². The van der Waals surface area contributed by atoms with Crippen LogP contribution in [0.3, 0.4) is 0 Å². The molecule has 1 saturated carbocycles. The molecule has 1 spiro atoms. The van der Waals surface area contributed by atoms with Crippen LogP contribution in [-0.2, 0) is 11.3 Å². The minimum Gasteiger partial charge on any atom is -0.381 e. The lowest BCUT2D eigenvalue weighted by Gasteiger charge is -2.43. The summed E-state index contributed by atoms with van der Waals surface area (Å²) in [5.41, 5.74) is 4.70. The molecule has 1 aromatic carbocycles. The van der Waals surface area contributed by atoms with E-state index in [1.165, 1.54) is 61.9 Å². The fourth-order valence-corrected chi connectivity index (χ4v) is 4.49. The summed E-state index contributed by atoms with van der Waals surface area (Å²) in [6, 6.07) is 6.92. The molecule has 1 aromatic rings. The zero-order chi connectivity index (χ0) is 14.9. The van der Waals surface area contributed by atoms with Crippen LogP contribution in [0.1, 0.15) is 48.8 Å². The summed E-state index contributed by atoms with van der Waals surface area (Å²) < 4.78 is 5.81. The second-order valence-corrected chi connectivity index (χ2v) is 7.21. The molecule has 0 unspecified atom stereocenters. The molecule has 2 fully saturated rings. The molecule has 2 heteroatoms. The Bertz CT molecular complexity index is 498. The van der Waals surface area contributed by atoms with E-state index in [9.17, 15) is 0 Å². The number of rotatable bonds is 3. The van der Waals surface area contributed by atoms with Crippen LogP contribution in [0.4, 0.5) is 0 Å². The summed E-state index contributed by atoms with van der Waals surface area (Å²) in [6.07, 6.45) is 7.12. The molecule has 0 radical (unpaired) electrons. The van der Waals surface area contributed by atoms with Crippen molar-refractivity contribution < 1.29 is 4.74 Å². The van der Waals surface area contributed by atoms with Crippen LogP contribution in [0.15, 0.2) is 18.2 Å². The third-order valence-corrected chi connectivity index (χ3v) is 5.77. The van der Waals surface area contributed by atoms with E-state index >= 15 is 0 Å². The predicted molar refractivity (Wildman–Crippen MR) is 87.5 cm³/mol. The highest BCUT2D eigenvalue weighted by Gasteiger charge is 2.45. The van der Waals surface area contributed by atoms with Crippen LogP contribution in [0.25, 0.3) is 0 Å². The molecule has 0 bridgehead atoms. The molecule has 2 atom stereocenters. The minimum absolute atomic E-state index is 0.437. The third kappa shape index (κ3) is 3.02. The lowest BCUT2D eigenvalue weighted by Crippen LogP contribution is -2.47. The molecular formula is C19H29NO. The maximum absolute atomic E-state index is 5.81.